The molecule has 0 aliphatic carbocycles. The van der Waals surface area contributed by atoms with Gasteiger partial charge in [0, 0.05) is 19.0 Å². The van der Waals surface area contributed by atoms with Crippen LogP contribution < -0.4 is 10.6 Å². The second-order valence-corrected chi connectivity index (χ2v) is 6.49. The van der Waals surface area contributed by atoms with Crippen LogP contribution in [-0.2, 0) is 25.5 Å². The van der Waals surface area contributed by atoms with Crippen molar-refractivity contribution in [3.8, 4) is 0 Å². The van der Waals surface area contributed by atoms with Gasteiger partial charge in [-0.25, -0.2) is 8.78 Å². The number of rotatable bonds is 10. The van der Waals surface area contributed by atoms with E-state index in [1.165, 1.54) is 6.92 Å². The third-order valence-corrected chi connectivity index (χ3v) is 3.81. The van der Waals surface area contributed by atoms with E-state index >= 15 is 0 Å². The Balaban J connectivity index is 2.33. The largest absolute Gasteiger partial charge is 0.466 e. The molecule has 2 amide bonds. The molecule has 0 aromatic heterocycles. The predicted octanol–water partition coefficient (Wildman–Crippen LogP) is 2.25. The van der Waals surface area contributed by atoms with E-state index in [0.29, 0.717) is 12.7 Å². The van der Waals surface area contributed by atoms with Crippen LogP contribution in [0.1, 0.15) is 45.6 Å². The quantitative estimate of drug-likeness (QED) is 0.477. The molecule has 0 unspecified atom stereocenters. The van der Waals surface area contributed by atoms with Crippen molar-refractivity contribution < 1.29 is 27.9 Å². The molecule has 0 aliphatic heterocycles. The maximum absolute atomic E-state index is 13.1. The van der Waals surface area contributed by atoms with Crippen molar-refractivity contribution >= 4 is 17.8 Å². The Bertz CT molecular complexity index is 647. The van der Waals surface area contributed by atoms with Crippen LogP contribution in [0, 0.1) is 11.6 Å². The van der Waals surface area contributed by atoms with Crippen molar-refractivity contribution in [2.45, 2.75) is 58.5 Å². The standard InChI is InChI=1S/C19H26F2N2O4/c1-12(6-4-5-7-27-14(3)24)22-13(2)19(26)23-18(25)10-15-8-16(20)11-17(21)9-15/h8-9,11-13,22H,4-7,10H2,1-3H3,(H,23,25,26)/t12-,13-/m0/s1. The first-order chi connectivity index (χ1) is 12.7. The normalized spacial score (nSPS) is 12.9. The van der Waals surface area contributed by atoms with E-state index in [9.17, 15) is 23.2 Å². The van der Waals surface area contributed by atoms with Crippen molar-refractivity contribution in [2.75, 3.05) is 6.61 Å². The van der Waals surface area contributed by atoms with E-state index in [-0.39, 0.29) is 24.0 Å². The molecule has 2 N–H and O–H groups in total. The minimum absolute atomic E-state index is 0.0236. The Morgan fingerprint density at radius 2 is 1.70 bits per heavy atom. The fourth-order valence-electron chi connectivity index (χ4n) is 2.54. The van der Waals surface area contributed by atoms with Gasteiger partial charge in [-0.3, -0.25) is 19.7 Å². The molecule has 27 heavy (non-hydrogen) atoms. The molecule has 1 rings (SSSR count). The average molecular weight is 384 g/mol. The monoisotopic (exact) mass is 384 g/mol. The maximum atomic E-state index is 13.1. The number of hydrogen-bond acceptors (Lipinski definition) is 5. The molecule has 2 atom stereocenters. The number of hydrogen-bond donors (Lipinski definition) is 2. The highest BCUT2D eigenvalue weighted by Crippen LogP contribution is 2.08. The lowest BCUT2D eigenvalue weighted by atomic mass is 10.1. The minimum atomic E-state index is -0.776. The molecular weight excluding hydrogens is 358 g/mol. The van der Waals surface area contributed by atoms with E-state index in [2.05, 4.69) is 10.6 Å². The van der Waals surface area contributed by atoms with Crippen LogP contribution in [0.25, 0.3) is 0 Å². The Morgan fingerprint density at radius 3 is 2.30 bits per heavy atom. The lowest BCUT2D eigenvalue weighted by molar-refractivity contribution is -0.141. The van der Waals surface area contributed by atoms with E-state index in [1.807, 2.05) is 6.92 Å². The van der Waals surface area contributed by atoms with Crippen molar-refractivity contribution in [1.29, 1.82) is 0 Å². The lowest BCUT2D eigenvalue weighted by Crippen LogP contribution is -2.47. The molecule has 150 valence electrons. The van der Waals surface area contributed by atoms with Gasteiger partial charge in [-0.15, -0.1) is 0 Å². The average Bonchev–Trinajstić information content (AvgIpc) is 2.52. The van der Waals surface area contributed by atoms with Gasteiger partial charge in [0.1, 0.15) is 11.6 Å². The number of ether oxygens (including phenoxy) is 1. The summed E-state index contributed by atoms with van der Waals surface area (Å²) in [6, 6.07) is 2.23. The van der Waals surface area contributed by atoms with Crippen molar-refractivity contribution in [1.82, 2.24) is 10.6 Å². The Morgan fingerprint density at radius 1 is 1.07 bits per heavy atom. The summed E-state index contributed by atoms with van der Waals surface area (Å²) >= 11 is 0. The highest BCUT2D eigenvalue weighted by molar-refractivity contribution is 5.98. The van der Waals surface area contributed by atoms with Gasteiger partial charge in [-0.05, 0) is 50.8 Å². The Hall–Kier alpha value is -2.35. The molecule has 1 aromatic carbocycles. The first kappa shape index (κ1) is 22.7. The zero-order valence-corrected chi connectivity index (χ0v) is 15.8. The molecule has 8 heteroatoms. The lowest BCUT2D eigenvalue weighted by Gasteiger charge is -2.19. The summed E-state index contributed by atoms with van der Waals surface area (Å²) in [5, 5.41) is 5.29. The summed E-state index contributed by atoms with van der Waals surface area (Å²) in [4.78, 5) is 34.6. The van der Waals surface area contributed by atoms with Crippen LogP contribution >= 0.6 is 0 Å². The van der Waals surface area contributed by atoms with Gasteiger partial charge in [-0.1, -0.05) is 0 Å². The van der Waals surface area contributed by atoms with Crippen LogP contribution in [0.4, 0.5) is 8.78 Å². The second-order valence-electron chi connectivity index (χ2n) is 6.49. The number of carbonyl (C=O) groups excluding carboxylic acids is 3. The van der Waals surface area contributed by atoms with Gasteiger partial charge in [0.15, 0.2) is 0 Å². The number of unbranched alkanes of at least 4 members (excludes halogenated alkanes) is 1. The van der Waals surface area contributed by atoms with Crippen LogP contribution in [-0.4, -0.2) is 36.5 Å². The van der Waals surface area contributed by atoms with E-state index < -0.39 is 29.5 Å². The summed E-state index contributed by atoms with van der Waals surface area (Å²) in [6.07, 6.45) is 2.03. The van der Waals surface area contributed by atoms with Gasteiger partial charge in [0.2, 0.25) is 11.8 Å². The molecule has 1 aromatic rings. The van der Waals surface area contributed by atoms with Crippen LogP contribution in [0.3, 0.4) is 0 Å². The van der Waals surface area contributed by atoms with Crippen molar-refractivity contribution in [3.63, 3.8) is 0 Å². The third kappa shape index (κ3) is 9.79. The number of esters is 1. The zero-order chi connectivity index (χ0) is 20.4. The van der Waals surface area contributed by atoms with E-state index in [4.69, 9.17) is 4.74 Å². The number of amides is 2. The van der Waals surface area contributed by atoms with Crippen molar-refractivity contribution in [2.24, 2.45) is 0 Å². The molecular formula is C19H26F2N2O4. The third-order valence-electron chi connectivity index (χ3n) is 3.81. The number of halogens is 2. The molecule has 0 saturated heterocycles. The smallest absolute Gasteiger partial charge is 0.302 e. The van der Waals surface area contributed by atoms with Crippen LogP contribution in [0.5, 0.6) is 0 Å². The van der Waals surface area contributed by atoms with E-state index in [1.54, 1.807) is 6.92 Å². The highest BCUT2D eigenvalue weighted by Gasteiger charge is 2.18. The molecule has 0 saturated carbocycles. The Kier molecular flexibility index (Phi) is 9.56. The van der Waals surface area contributed by atoms with Gasteiger partial charge < -0.3 is 10.1 Å². The summed E-state index contributed by atoms with van der Waals surface area (Å²) < 4.78 is 31.1. The molecule has 0 spiro atoms. The predicted molar refractivity (Wildman–Crippen MR) is 95.8 cm³/mol. The fourth-order valence-corrected chi connectivity index (χ4v) is 2.54. The zero-order valence-electron chi connectivity index (χ0n) is 15.8. The molecule has 6 nitrogen and oxygen atoms in total. The SMILES string of the molecule is CC(=O)OCCCC[C@H](C)N[C@@H](C)C(=O)NC(=O)Cc1cc(F)cc(F)c1. The van der Waals surface area contributed by atoms with Crippen molar-refractivity contribution in [3.05, 3.63) is 35.4 Å². The molecule has 0 fully saturated rings. The first-order valence-electron chi connectivity index (χ1n) is 8.85. The Labute approximate surface area is 157 Å². The van der Waals surface area contributed by atoms with Gasteiger partial charge in [0.25, 0.3) is 0 Å². The molecule has 0 radical (unpaired) electrons. The number of imide groups is 1. The summed E-state index contributed by atoms with van der Waals surface area (Å²) in [5.41, 5.74) is 0.152. The number of carbonyl (C=O) groups is 3. The summed E-state index contributed by atoms with van der Waals surface area (Å²) in [6.45, 7) is 5.26. The number of benzene rings is 1. The van der Waals surface area contributed by atoms with Crippen LogP contribution in [0.15, 0.2) is 18.2 Å². The van der Waals surface area contributed by atoms with E-state index in [0.717, 1.165) is 31.4 Å². The topological polar surface area (TPSA) is 84.5 Å². The van der Waals surface area contributed by atoms with Gasteiger partial charge >= 0.3 is 5.97 Å². The molecule has 0 aliphatic rings. The highest BCUT2D eigenvalue weighted by atomic mass is 19.1. The molecule has 0 bridgehead atoms. The van der Waals surface area contributed by atoms with Crippen LogP contribution in [0.2, 0.25) is 0 Å². The fraction of sp³-hybridized carbons (Fsp3) is 0.526. The molecule has 0 heterocycles. The summed E-state index contributed by atoms with van der Waals surface area (Å²) in [7, 11) is 0. The summed E-state index contributed by atoms with van der Waals surface area (Å²) in [5.74, 6) is -3.00. The maximum Gasteiger partial charge on any atom is 0.302 e. The van der Waals surface area contributed by atoms with Gasteiger partial charge in [-0.2, -0.15) is 0 Å². The van der Waals surface area contributed by atoms with Gasteiger partial charge in [0.05, 0.1) is 19.1 Å². The minimum Gasteiger partial charge on any atom is -0.466 e. The number of nitrogens with one attached hydrogen (secondary N) is 2. The second kappa shape index (κ2) is 11.4. The first-order valence-corrected chi connectivity index (χ1v) is 8.85.